The number of rotatable bonds is 7. The fourth-order valence-electron chi connectivity index (χ4n) is 1.55. The highest BCUT2D eigenvalue weighted by Crippen LogP contribution is 2.13. The summed E-state index contributed by atoms with van der Waals surface area (Å²) in [6.45, 7) is 4.67. The molecule has 0 fully saturated rings. The third kappa shape index (κ3) is 4.75. The summed E-state index contributed by atoms with van der Waals surface area (Å²) >= 11 is 0. The monoisotopic (exact) mass is 252 g/mol. The molecule has 1 rings (SSSR count). The summed E-state index contributed by atoms with van der Waals surface area (Å²) < 4.78 is 10.5. The van der Waals surface area contributed by atoms with Crippen LogP contribution >= 0.6 is 0 Å². The normalized spacial score (nSPS) is 12.1. The van der Waals surface area contributed by atoms with Crippen molar-refractivity contribution in [3.05, 3.63) is 29.8 Å². The molecule has 100 valence electrons. The topological polar surface area (TPSA) is 55.8 Å². The van der Waals surface area contributed by atoms with E-state index in [9.17, 15) is 9.90 Å². The highest BCUT2D eigenvalue weighted by atomic mass is 16.6. The average molecular weight is 252 g/mol. The lowest BCUT2D eigenvalue weighted by Crippen LogP contribution is -2.29. The number of esters is 1. The zero-order chi connectivity index (χ0) is 13.4. The molecule has 0 aliphatic heterocycles. The number of ether oxygens (including phenoxy) is 2. The molecule has 0 amide bonds. The van der Waals surface area contributed by atoms with Crippen molar-refractivity contribution in [1.29, 1.82) is 0 Å². The van der Waals surface area contributed by atoms with E-state index in [2.05, 4.69) is 0 Å². The first-order valence-electron chi connectivity index (χ1n) is 6.23. The van der Waals surface area contributed by atoms with Gasteiger partial charge < -0.3 is 14.6 Å². The van der Waals surface area contributed by atoms with E-state index in [0.29, 0.717) is 19.6 Å². The van der Waals surface area contributed by atoms with Crippen molar-refractivity contribution >= 4 is 5.97 Å². The van der Waals surface area contributed by atoms with Gasteiger partial charge in [0.1, 0.15) is 5.75 Å². The maximum absolute atomic E-state index is 11.8. The van der Waals surface area contributed by atoms with Crippen LogP contribution in [0.1, 0.15) is 25.8 Å². The van der Waals surface area contributed by atoms with Crippen LogP contribution in [0.15, 0.2) is 24.3 Å². The zero-order valence-corrected chi connectivity index (χ0v) is 10.9. The van der Waals surface area contributed by atoms with E-state index >= 15 is 0 Å². The smallest absolute Gasteiger partial charge is 0.335 e. The summed E-state index contributed by atoms with van der Waals surface area (Å²) in [5, 5.41) is 9.20. The number of benzene rings is 1. The Morgan fingerprint density at radius 2 is 1.94 bits per heavy atom. The van der Waals surface area contributed by atoms with Gasteiger partial charge in [-0.15, -0.1) is 0 Å². The van der Waals surface area contributed by atoms with Crippen LogP contribution in [-0.2, 0) is 20.7 Å². The first-order valence-corrected chi connectivity index (χ1v) is 6.23. The molecular weight excluding hydrogens is 232 g/mol. The third-order valence-corrected chi connectivity index (χ3v) is 2.44. The van der Waals surface area contributed by atoms with Crippen molar-refractivity contribution in [3.63, 3.8) is 0 Å². The first kappa shape index (κ1) is 14.5. The number of phenols is 1. The number of hydrogen-bond donors (Lipinski definition) is 1. The Balaban J connectivity index is 2.61. The SMILES string of the molecule is CCCOC(=O)[C@@H](Cc1ccc(O)cc1)OCC. The van der Waals surface area contributed by atoms with Crippen LogP contribution in [0.4, 0.5) is 0 Å². The Hall–Kier alpha value is -1.55. The van der Waals surface area contributed by atoms with E-state index in [0.717, 1.165) is 12.0 Å². The van der Waals surface area contributed by atoms with Crippen LogP contribution in [0.25, 0.3) is 0 Å². The summed E-state index contributed by atoms with van der Waals surface area (Å²) in [6, 6.07) is 6.73. The molecule has 0 aliphatic carbocycles. The second kappa shape index (κ2) is 7.71. The Kier molecular flexibility index (Phi) is 6.22. The quantitative estimate of drug-likeness (QED) is 0.756. The average Bonchev–Trinajstić information content (AvgIpc) is 2.38. The van der Waals surface area contributed by atoms with Gasteiger partial charge in [0.25, 0.3) is 0 Å². The van der Waals surface area contributed by atoms with Crippen LogP contribution in [0, 0.1) is 0 Å². The van der Waals surface area contributed by atoms with E-state index in [4.69, 9.17) is 9.47 Å². The van der Waals surface area contributed by atoms with Crippen molar-refractivity contribution in [3.8, 4) is 5.75 Å². The van der Waals surface area contributed by atoms with Crippen molar-refractivity contribution in [1.82, 2.24) is 0 Å². The van der Waals surface area contributed by atoms with Gasteiger partial charge in [-0.05, 0) is 31.0 Å². The molecule has 4 heteroatoms. The molecule has 1 N–H and O–H groups in total. The predicted octanol–water partition coefficient (Wildman–Crippen LogP) is 2.29. The lowest BCUT2D eigenvalue weighted by Gasteiger charge is -2.15. The van der Waals surface area contributed by atoms with Crippen molar-refractivity contribution < 1.29 is 19.4 Å². The van der Waals surface area contributed by atoms with Crippen molar-refractivity contribution in [2.24, 2.45) is 0 Å². The van der Waals surface area contributed by atoms with Gasteiger partial charge >= 0.3 is 5.97 Å². The molecule has 0 saturated heterocycles. The molecule has 1 aromatic carbocycles. The second-order valence-electron chi connectivity index (χ2n) is 3.98. The number of hydrogen-bond acceptors (Lipinski definition) is 4. The fourth-order valence-corrected chi connectivity index (χ4v) is 1.55. The van der Waals surface area contributed by atoms with E-state index < -0.39 is 6.10 Å². The van der Waals surface area contributed by atoms with Gasteiger partial charge in [0, 0.05) is 13.0 Å². The molecule has 0 saturated carbocycles. The Labute approximate surface area is 108 Å². The predicted molar refractivity (Wildman–Crippen MR) is 68.5 cm³/mol. The molecule has 4 nitrogen and oxygen atoms in total. The minimum Gasteiger partial charge on any atom is -0.508 e. The maximum atomic E-state index is 11.8. The number of phenolic OH excluding ortho intramolecular Hbond substituents is 1. The minimum absolute atomic E-state index is 0.209. The van der Waals surface area contributed by atoms with Gasteiger partial charge in [-0.25, -0.2) is 4.79 Å². The fraction of sp³-hybridized carbons (Fsp3) is 0.500. The van der Waals surface area contributed by atoms with E-state index in [-0.39, 0.29) is 11.7 Å². The summed E-state index contributed by atoms with van der Waals surface area (Å²) in [7, 11) is 0. The summed E-state index contributed by atoms with van der Waals surface area (Å²) in [5.74, 6) is -0.118. The van der Waals surface area contributed by atoms with Crippen LogP contribution < -0.4 is 0 Å². The maximum Gasteiger partial charge on any atom is 0.335 e. The molecule has 0 bridgehead atoms. The Morgan fingerprint density at radius 1 is 1.28 bits per heavy atom. The van der Waals surface area contributed by atoms with Gasteiger partial charge in [-0.3, -0.25) is 0 Å². The Bertz CT molecular complexity index is 359. The number of aromatic hydroxyl groups is 1. The van der Waals surface area contributed by atoms with Gasteiger partial charge in [-0.1, -0.05) is 19.1 Å². The highest BCUT2D eigenvalue weighted by molar-refractivity contribution is 5.75. The van der Waals surface area contributed by atoms with Gasteiger partial charge in [0.2, 0.25) is 0 Å². The van der Waals surface area contributed by atoms with Gasteiger partial charge in [0.05, 0.1) is 6.61 Å². The standard InChI is InChI=1S/C14H20O4/c1-3-9-18-14(16)13(17-4-2)10-11-5-7-12(15)8-6-11/h5-8,13,15H,3-4,9-10H2,1-2H3/t13-/m1/s1. The van der Waals surface area contributed by atoms with E-state index in [1.807, 2.05) is 13.8 Å². The first-order chi connectivity index (χ1) is 8.67. The second-order valence-corrected chi connectivity index (χ2v) is 3.98. The highest BCUT2D eigenvalue weighted by Gasteiger charge is 2.20. The lowest BCUT2D eigenvalue weighted by molar-refractivity contribution is -0.156. The van der Waals surface area contributed by atoms with Crippen LogP contribution in [0.5, 0.6) is 5.75 Å². The Morgan fingerprint density at radius 3 is 2.50 bits per heavy atom. The summed E-state index contributed by atoms with van der Waals surface area (Å²) in [6.07, 6.45) is 0.673. The van der Waals surface area contributed by atoms with Crippen LogP contribution in [0.3, 0.4) is 0 Å². The summed E-state index contributed by atoms with van der Waals surface area (Å²) in [5.41, 5.74) is 0.930. The molecule has 0 unspecified atom stereocenters. The van der Waals surface area contributed by atoms with Gasteiger partial charge in [0.15, 0.2) is 6.10 Å². The molecule has 0 radical (unpaired) electrons. The van der Waals surface area contributed by atoms with Crippen molar-refractivity contribution in [2.45, 2.75) is 32.8 Å². The zero-order valence-electron chi connectivity index (χ0n) is 10.9. The van der Waals surface area contributed by atoms with E-state index in [1.165, 1.54) is 0 Å². The third-order valence-electron chi connectivity index (χ3n) is 2.44. The molecular formula is C14H20O4. The summed E-state index contributed by atoms with van der Waals surface area (Å²) in [4.78, 5) is 11.8. The van der Waals surface area contributed by atoms with Crippen LogP contribution in [0.2, 0.25) is 0 Å². The molecule has 1 aromatic rings. The molecule has 0 heterocycles. The van der Waals surface area contributed by atoms with Crippen LogP contribution in [-0.4, -0.2) is 30.4 Å². The van der Waals surface area contributed by atoms with E-state index in [1.54, 1.807) is 24.3 Å². The molecule has 1 atom stereocenters. The molecule has 0 aromatic heterocycles. The number of carbonyl (C=O) groups excluding carboxylic acids is 1. The van der Waals surface area contributed by atoms with Crippen molar-refractivity contribution in [2.75, 3.05) is 13.2 Å². The molecule has 0 spiro atoms. The molecule has 18 heavy (non-hydrogen) atoms. The van der Waals surface area contributed by atoms with Gasteiger partial charge in [-0.2, -0.15) is 0 Å². The number of carbonyl (C=O) groups is 1. The molecule has 0 aliphatic rings. The minimum atomic E-state index is -0.578. The lowest BCUT2D eigenvalue weighted by atomic mass is 10.1. The largest absolute Gasteiger partial charge is 0.508 e.